The summed E-state index contributed by atoms with van der Waals surface area (Å²) in [5, 5.41) is 0. The molecule has 1 heterocycles. The number of aromatic nitrogens is 1. The molecule has 0 amide bonds. The van der Waals surface area contributed by atoms with Crippen LogP contribution in [0.2, 0.25) is 0 Å². The second-order valence-corrected chi connectivity index (χ2v) is 3.96. The largest absolute Gasteiger partial charge is 0.347 e. The van der Waals surface area contributed by atoms with Gasteiger partial charge in [0.2, 0.25) is 6.08 Å². The smallest absolute Gasteiger partial charge is 0.240 e. The normalized spacial score (nSPS) is 10.4. The maximum atomic E-state index is 10.2. The Balaban J connectivity index is 3.10. The summed E-state index contributed by atoms with van der Waals surface area (Å²) >= 11 is 0. The van der Waals surface area contributed by atoms with Crippen LogP contribution < -0.4 is 0 Å². The molecule has 0 saturated carbocycles. The number of isocyanates is 1. The van der Waals surface area contributed by atoms with Gasteiger partial charge in [-0.3, -0.25) is 0 Å². The number of hydrogen-bond donors (Lipinski definition) is 0. The SMILES string of the molecule is Cc1cc(N=C=O)c(C)n1CC(C)C. The van der Waals surface area contributed by atoms with E-state index in [0.29, 0.717) is 5.92 Å². The topological polar surface area (TPSA) is 34.4 Å². The van der Waals surface area contributed by atoms with Crippen molar-refractivity contribution in [2.24, 2.45) is 10.9 Å². The van der Waals surface area contributed by atoms with Crippen LogP contribution in [0.5, 0.6) is 0 Å². The number of aliphatic imine (C=N–C) groups is 1. The number of hydrogen-bond acceptors (Lipinski definition) is 2. The molecule has 14 heavy (non-hydrogen) atoms. The molecule has 0 unspecified atom stereocenters. The first-order valence-corrected chi connectivity index (χ1v) is 4.81. The van der Waals surface area contributed by atoms with E-state index < -0.39 is 0 Å². The minimum absolute atomic E-state index is 0.591. The van der Waals surface area contributed by atoms with Gasteiger partial charge in [-0.25, -0.2) is 4.79 Å². The fraction of sp³-hybridized carbons (Fsp3) is 0.545. The van der Waals surface area contributed by atoms with Gasteiger partial charge in [0.05, 0.1) is 5.69 Å². The Labute approximate surface area is 84.5 Å². The number of carbonyl (C=O) groups excluding carboxylic acids is 1. The van der Waals surface area contributed by atoms with Crippen LogP contribution in [0.4, 0.5) is 5.69 Å². The van der Waals surface area contributed by atoms with Gasteiger partial charge in [-0.1, -0.05) is 13.8 Å². The van der Waals surface area contributed by atoms with Gasteiger partial charge in [0.1, 0.15) is 0 Å². The highest BCUT2D eigenvalue weighted by molar-refractivity contribution is 5.53. The molecule has 0 aliphatic carbocycles. The van der Waals surface area contributed by atoms with Crippen molar-refractivity contribution in [2.45, 2.75) is 34.2 Å². The zero-order valence-electron chi connectivity index (χ0n) is 9.16. The highest BCUT2D eigenvalue weighted by Crippen LogP contribution is 2.23. The van der Waals surface area contributed by atoms with Crippen LogP contribution in [-0.4, -0.2) is 10.6 Å². The maximum Gasteiger partial charge on any atom is 0.240 e. The fourth-order valence-electron chi connectivity index (χ4n) is 1.59. The lowest BCUT2D eigenvalue weighted by Crippen LogP contribution is -2.07. The van der Waals surface area contributed by atoms with Crippen molar-refractivity contribution >= 4 is 11.8 Å². The number of nitrogens with zero attached hydrogens (tertiary/aromatic N) is 2. The molecule has 0 aliphatic heterocycles. The third-order valence-corrected chi connectivity index (χ3v) is 2.26. The minimum Gasteiger partial charge on any atom is -0.347 e. The van der Waals surface area contributed by atoms with E-state index >= 15 is 0 Å². The average Bonchev–Trinajstić information content (AvgIpc) is 2.33. The molecule has 0 atom stereocenters. The zero-order valence-corrected chi connectivity index (χ0v) is 9.16. The van der Waals surface area contributed by atoms with E-state index in [1.807, 2.05) is 19.9 Å². The Morgan fingerprint density at radius 2 is 2.14 bits per heavy atom. The van der Waals surface area contributed by atoms with Gasteiger partial charge < -0.3 is 4.57 Å². The first-order chi connectivity index (χ1) is 6.56. The molecule has 0 saturated heterocycles. The van der Waals surface area contributed by atoms with E-state index in [1.165, 1.54) is 0 Å². The van der Waals surface area contributed by atoms with E-state index in [2.05, 4.69) is 23.4 Å². The summed E-state index contributed by atoms with van der Waals surface area (Å²) in [4.78, 5) is 13.8. The average molecular weight is 192 g/mol. The third-order valence-electron chi connectivity index (χ3n) is 2.26. The Kier molecular flexibility index (Phi) is 3.26. The van der Waals surface area contributed by atoms with Crippen LogP contribution in [0.1, 0.15) is 25.2 Å². The monoisotopic (exact) mass is 192 g/mol. The molecule has 1 rings (SSSR count). The van der Waals surface area contributed by atoms with Crippen molar-refractivity contribution < 1.29 is 4.79 Å². The van der Waals surface area contributed by atoms with Crippen molar-refractivity contribution in [3.63, 3.8) is 0 Å². The summed E-state index contributed by atoms with van der Waals surface area (Å²) in [7, 11) is 0. The summed E-state index contributed by atoms with van der Waals surface area (Å²) in [6, 6.07) is 1.92. The highest BCUT2D eigenvalue weighted by atomic mass is 16.1. The Morgan fingerprint density at radius 1 is 1.50 bits per heavy atom. The van der Waals surface area contributed by atoms with Gasteiger partial charge >= 0.3 is 0 Å². The molecule has 3 nitrogen and oxygen atoms in total. The lowest BCUT2D eigenvalue weighted by Gasteiger charge is -2.11. The Morgan fingerprint density at radius 3 is 2.64 bits per heavy atom. The van der Waals surface area contributed by atoms with Gasteiger partial charge in [-0.2, -0.15) is 4.99 Å². The van der Waals surface area contributed by atoms with Crippen molar-refractivity contribution in [3.8, 4) is 0 Å². The predicted molar refractivity (Wildman–Crippen MR) is 56.5 cm³/mol. The van der Waals surface area contributed by atoms with Crippen LogP contribution in [0.15, 0.2) is 11.1 Å². The molecule has 1 aromatic heterocycles. The van der Waals surface area contributed by atoms with Crippen molar-refractivity contribution in [1.29, 1.82) is 0 Å². The van der Waals surface area contributed by atoms with Crippen molar-refractivity contribution in [1.82, 2.24) is 4.57 Å². The van der Waals surface area contributed by atoms with Crippen LogP contribution in [-0.2, 0) is 11.3 Å². The minimum atomic E-state index is 0.591. The maximum absolute atomic E-state index is 10.2. The Hall–Kier alpha value is -1.34. The van der Waals surface area contributed by atoms with E-state index in [-0.39, 0.29) is 0 Å². The number of rotatable bonds is 3. The fourth-order valence-corrected chi connectivity index (χ4v) is 1.59. The number of aryl methyl sites for hydroxylation is 1. The van der Waals surface area contributed by atoms with Crippen LogP contribution >= 0.6 is 0 Å². The van der Waals surface area contributed by atoms with Gasteiger partial charge in [0.25, 0.3) is 0 Å². The lowest BCUT2D eigenvalue weighted by atomic mass is 10.2. The van der Waals surface area contributed by atoms with Gasteiger partial charge in [0.15, 0.2) is 0 Å². The second kappa shape index (κ2) is 4.25. The summed E-state index contributed by atoms with van der Waals surface area (Å²) < 4.78 is 2.18. The van der Waals surface area contributed by atoms with Crippen LogP contribution in [0.3, 0.4) is 0 Å². The van der Waals surface area contributed by atoms with Gasteiger partial charge in [-0.15, -0.1) is 0 Å². The van der Waals surface area contributed by atoms with E-state index in [1.54, 1.807) is 6.08 Å². The molecule has 0 N–H and O–H groups in total. The third kappa shape index (κ3) is 2.12. The molecule has 0 spiro atoms. The van der Waals surface area contributed by atoms with Crippen LogP contribution in [0.25, 0.3) is 0 Å². The van der Waals surface area contributed by atoms with E-state index in [9.17, 15) is 4.79 Å². The molecule has 0 bridgehead atoms. The molecule has 3 heteroatoms. The summed E-state index contributed by atoms with van der Waals surface area (Å²) in [5.41, 5.74) is 2.92. The first kappa shape index (κ1) is 10.7. The molecule has 0 aliphatic rings. The molecule has 76 valence electrons. The van der Waals surface area contributed by atoms with Crippen molar-refractivity contribution in [3.05, 3.63) is 17.5 Å². The molecular formula is C11H16N2O. The predicted octanol–water partition coefficient (Wildman–Crippen LogP) is 2.73. The molecule has 0 radical (unpaired) electrons. The molecule has 1 aromatic rings. The van der Waals surface area contributed by atoms with Crippen LogP contribution in [0, 0.1) is 19.8 Å². The highest BCUT2D eigenvalue weighted by Gasteiger charge is 2.08. The molecular weight excluding hydrogens is 176 g/mol. The molecule has 0 fully saturated rings. The van der Waals surface area contributed by atoms with Gasteiger partial charge in [-0.05, 0) is 25.8 Å². The van der Waals surface area contributed by atoms with Crippen molar-refractivity contribution in [2.75, 3.05) is 0 Å². The Bertz CT molecular complexity index is 371. The second-order valence-electron chi connectivity index (χ2n) is 3.96. The lowest BCUT2D eigenvalue weighted by molar-refractivity contribution is 0.509. The summed E-state index contributed by atoms with van der Waals surface area (Å²) in [5.74, 6) is 0.591. The van der Waals surface area contributed by atoms with E-state index in [0.717, 1.165) is 23.6 Å². The standard InChI is InChI=1S/C11H16N2O/c1-8(2)6-13-9(3)5-11(10(13)4)12-7-14/h5,8H,6H2,1-4H3. The van der Waals surface area contributed by atoms with Gasteiger partial charge in [0, 0.05) is 17.9 Å². The summed E-state index contributed by atoms with van der Waals surface area (Å²) in [6.45, 7) is 9.31. The summed E-state index contributed by atoms with van der Waals surface area (Å²) in [6.07, 6.45) is 1.58. The first-order valence-electron chi connectivity index (χ1n) is 4.81. The van der Waals surface area contributed by atoms with E-state index in [4.69, 9.17) is 0 Å². The molecule has 0 aromatic carbocycles. The quantitative estimate of drug-likeness (QED) is 0.535. The zero-order chi connectivity index (χ0) is 10.7.